The van der Waals surface area contributed by atoms with Crippen molar-refractivity contribution in [1.82, 2.24) is 0 Å². The molecular weight excluding hydrogens is 200 g/mol. The van der Waals surface area contributed by atoms with E-state index in [9.17, 15) is 0 Å². The lowest BCUT2D eigenvalue weighted by molar-refractivity contribution is 0.249. The van der Waals surface area contributed by atoms with Gasteiger partial charge in [-0.15, -0.1) is 0 Å². The van der Waals surface area contributed by atoms with Crippen LogP contribution in [0.1, 0.15) is 19.8 Å². The molecule has 81 valence electrons. The Bertz CT molecular complexity index is 95.6. The van der Waals surface area contributed by atoms with Gasteiger partial charge in [-0.3, -0.25) is 0 Å². The molecule has 0 aliphatic carbocycles. The fourth-order valence-electron chi connectivity index (χ4n) is 0.742. The summed E-state index contributed by atoms with van der Waals surface area (Å²) in [5, 5.41) is 0. The zero-order valence-corrected chi connectivity index (χ0v) is 11.2. The van der Waals surface area contributed by atoms with Gasteiger partial charge in [0.2, 0.25) is 0 Å². The number of rotatable bonds is 5. The highest BCUT2D eigenvalue weighted by atomic mass is 32.1. The van der Waals surface area contributed by atoms with Gasteiger partial charge in [0.25, 0.3) is 0 Å². The Kier molecular flexibility index (Phi) is 13.0. The van der Waals surface area contributed by atoms with E-state index in [2.05, 4.69) is 33.0 Å². The molecule has 2 nitrogen and oxygen atoms in total. The van der Waals surface area contributed by atoms with Crippen LogP contribution in [-0.2, 0) is 8.85 Å². The lowest BCUT2D eigenvalue weighted by atomic mass is 10.6. The highest BCUT2D eigenvalue weighted by Crippen LogP contribution is 2.12. The summed E-state index contributed by atoms with van der Waals surface area (Å²) in [6.45, 7) is 7.75. The van der Waals surface area contributed by atoms with Crippen LogP contribution in [0.4, 0.5) is 0 Å². The molecule has 0 aliphatic rings. The molecule has 0 N–H and O–H groups in total. The van der Waals surface area contributed by atoms with E-state index in [-0.39, 0.29) is 0 Å². The van der Waals surface area contributed by atoms with Crippen molar-refractivity contribution in [3.8, 4) is 0 Å². The zero-order valence-electron chi connectivity index (χ0n) is 9.30. The van der Waals surface area contributed by atoms with Gasteiger partial charge < -0.3 is 8.85 Å². The monoisotopic (exact) mass is 223 g/mol. The summed E-state index contributed by atoms with van der Waals surface area (Å²) < 4.78 is 10.5. The van der Waals surface area contributed by atoms with E-state index in [4.69, 9.17) is 8.85 Å². The average molecular weight is 223 g/mol. The lowest BCUT2D eigenvalue weighted by Crippen LogP contribution is -2.35. The minimum Gasteiger partial charge on any atom is -0.398 e. The van der Waals surface area contributed by atoms with E-state index in [0.29, 0.717) is 0 Å². The first-order valence-corrected chi connectivity index (χ1v) is 7.76. The second-order valence-electron chi connectivity index (χ2n) is 2.87. The third-order valence-electron chi connectivity index (χ3n) is 1.73. The first-order chi connectivity index (χ1) is 6.10. The van der Waals surface area contributed by atoms with Crippen LogP contribution >= 0.6 is 12.6 Å². The van der Waals surface area contributed by atoms with Crippen LogP contribution in [-0.4, -0.2) is 28.5 Å². The van der Waals surface area contributed by atoms with Gasteiger partial charge in [0.1, 0.15) is 0 Å². The molecular formula is C9H23O2SSi. The Morgan fingerprint density at radius 1 is 1.31 bits per heavy atom. The average Bonchev–Trinajstić information content (AvgIpc) is 2.18. The van der Waals surface area contributed by atoms with Crippen LogP contribution in [0.15, 0.2) is 0 Å². The van der Waals surface area contributed by atoms with Crippen molar-refractivity contribution >= 4 is 21.2 Å². The molecule has 0 amide bonds. The quantitative estimate of drug-likeness (QED) is 0.571. The van der Waals surface area contributed by atoms with E-state index in [1.807, 2.05) is 0 Å². The lowest BCUT2D eigenvalue weighted by Gasteiger charge is -2.21. The molecule has 0 aromatic carbocycles. The van der Waals surface area contributed by atoms with Crippen molar-refractivity contribution in [2.75, 3.05) is 20.0 Å². The first kappa shape index (κ1) is 15.9. The molecule has 1 radical (unpaired) electrons. The summed E-state index contributed by atoms with van der Waals surface area (Å²) >= 11 is 3.86. The standard InChI is InChI=1S/C6H16O2Si.C3H7S/c1-5-6-9(4,7-2)8-3;1-2-3-4/h5-6H2,1-4H3;4H,1-3H2. The minimum absolute atomic E-state index is 0.903. The smallest absolute Gasteiger partial charge is 0.334 e. The van der Waals surface area contributed by atoms with Gasteiger partial charge in [0.05, 0.1) is 0 Å². The number of hydrogen-bond acceptors (Lipinski definition) is 3. The highest BCUT2D eigenvalue weighted by Gasteiger charge is 2.26. The maximum absolute atomic E-state index is 5.24. The van der Waals surface area contributed by atoms with Crippen molar-refractivity contribution in [1.29, 1.82) is 0 Å². The molecule has 0 saturated carbocycles. The maximum Gasteiger partial charge on any atom is 0.334 e. The van der Waals surface area contributed by atoms with Crippen molar-refractivity contribution in [3.05, 3.63) is 6.92 Å². The van der Waals surface area contributed by atoms with Crippen molar-refractivity contribution < 1.29 is 8.85 Å². The van der Waals surface area contributed by atoms with Gasteiger partial charge in [-0.1, -0.05) is 20.3 Å². The Labute approximate surface area is 89.7 Å². The van der Waals surface area contributed by atoms with E-state index < -0.39 is 8.56 Å². The third-order valence-corrected chi connectivity index (χ3v) is 5.18. The summed E-state index contributed by atoms with van der Waals surface area (Å²) in [5.74, 6) is 0.903. The Morgan fingerprint density at radius 2 is 1.69 bits per heavy atom. The van der Waals surface area contributed by atoms with Crippen LogP contribution < -0.4 is 0 Å². The normalized spacial score (nSPS) is 10.6. The molecule has 0 unspecified atom stereocenters. The topological polar surface area (TPSA) is 18.5 Å². The van der Waals surface area contributed by atoms with Crippen LogP contribution in [0.25, 0.3) is 0 Å². The molecule has 0 rings (SSSR count). The van der Waals surface area contributed by atoms with Gasteiger partial charge in [-0.25, -0.2) is 0 Å². The summed E-state index contributed by atoms with van der Waals surface area (Å²) in [5.41, 5.74) is 0. The van der Waals surface area contributed by atoms with E-state index >= 15 is 0 Å². The molecule has 13 heavy (non-hydrogen) atoms. The van der Waals surface area contributed by atoms with Crippen LogP contribution in [0, 0.1) is 6.92 Å². The van der Waals surface area contributed by atoms with Gasteiger partial charge in [0, 0.05) is 14.2 Å². The molecule has 4 heteroatoms. The molecule has 0 saturated heterocycles. The number of hydrogen-bond donors (Lipinski definition) is 1. The van der Waals surface area contributed by atoms with Gasteiger partial charge in [0.15, 0.2) is 0 Å². The Hall–Kier alpha value is 0.487. The van der Waals surface area contributed by atoms with Gasteiger partial charge in [-0.2, -0.15) is 12.6 Å². The fourth-order valence-corrected chi connectivity index (χ4v) is 2.22. The molecule has 0 spiro atoms. The molecule has 0 aromatic rings. The van der Waals surface area contributed by atoms with E-state index in [1.54, 1.807) is 14.2 Å². The highest BCUT2D eigenvalue weighted by molar-refractivity contribution is 7.80. The molecule has 0 fully saturated rings. The van der Waals surface area contributed by atoms with Crippen molar-refractivity contribution in [2.24, 2.45) is 0 Å². The number of thiol groups is 1. The molecule has 0 heterocycles. The second kappa shape index (κ2) is 10.6. The zero-order chi connectivity index (χ0) is 10.7. The second-order valence-corrected chi connectivity index (χ2v) is 6.90. The fraction of sp³-hybridized carbons (Fsp3) is 0.889. The maximum atomic E-state index is 5.24. The van der Waals surface area contributed by atoms with Gasteiger partial charge in [-0.05, 0) is 24.8 Å². The molecule has 0 atom stereocenters. The van der Waals surface area contributed by atoms with E-state index in [1.165, 1.54) is 0 Å². The minimum atomic E-state index is -1.70. The van der Waals surface area contributed by atoms with Crippen LogP contribution in [0.2, 0.25) is 12.6 Å². The predicted molar refractivity (Wildman–Crippen MR) is 64.6 cm³/mol. The summed E-state index contributed by atoms with van der Waals surface area (Å²) in [6.07, 6.45) is 2.08. The largest absolute Gasteiger partial charge is 0.398 e. The summed E-state index contributed by atoms with van der Waals surface area (Å²) in [4.78, 5) is 0. The predicted octanol–water partition coefficient (Wildman–Crippen LogP) is 2.90. The Balaban J connectivity index is 0. The Morgan fingerprint density at radius 3 is 1.77 bits per heavy atom. The van der Waals surface area contributed by atoms with Gasteiger partial charge >= 0.3 is 8.56 Å². The molecule has 0 aromatic heterocycles. The van der Waals surface area contributed by atoms with Crippen molar-refractivity contribution in [3.63, 3.8) is 0 Å². The van der Waals surface area contributed by atoms with Crippen LogP contribution in [0.3, 0.4) is 0 Å². The SMILES string of the molecule is CCC[Si](C)(OC)OC.[CH2]CCS. The van der Waals surface area contributed by atoms with E-state index in [0.717, 1.165) is 24.6 Å². The molecule has 0 aliphatic heterocycles. The van der Waals surface area contributed by atoms with Crippen LogP contribution in [0.5, 0.6) is 0 Å². The summed E-state index contributed by atoms with van der Waals surface area (Å²) in [6, 6.07) is 1.08. The van der Waals surface area contributed by atoms with Crippen molar-refractivity contribution in [2.45, 2.75) is 32.4 Å². The first-order valence-electron chi connectivity index (χ1n) is 4.60. The summed E-state index contributed by atoms with van der Waals surface area (Å²) in [7, 11) is 1.76. The third kappa shape index (κ3) is 10.4. The molecule has 0 bridgehead atoms.